The highest BCUT2D eigenvalue weighted by Crippen LogP contribution is 2.21. The Morgan fingerprint density at radius 1 is 0.966 bits per heavy atom. The minimum absolute atomic E-state index is 0.0428. The van der Waals surface area contributed by atoms with Crippen molar-refractivity contribution in [1.82, 2.24) is 25.3 Å². The van der Waals surface area contributed by atoms with Gasteiger partial charge < -0.3 is 29.9 Å². The van der Waals surface area contributed by atoms with Gasteiger partial charge in [0, 0.05) is 70.9 Å². The molecule has 3 aliphatic heterocycles. The van der Waals surface area contributed by atoms with Crippen LogP contribution in [0, 0.1) is 5.92 Å². The third-order valence-electron chi connectivity index (χ3n) is 6.59. The van der Waals surface area contributed by atoms with E-state index >= 15 is 0 Å². The summed E-state index contributed by atoms with van der Waals surface area (Å²) in [6.07, 6.45) is 3.25. The summed E-state index contributed by atoms with van der Waals surface area (Å²) < 4.78 is 11.1. The average Bonchev–Trinajstić information content (AvgIpc) is 3.29. The molecule has 8 nitrogen and oxygen atoms in total. The first kappa shape index (κ1) is 22.7. The predicted octanol–water partition coefficient (Wildman–Crippen LogP) is 0.441. The molecule has 2 N–H and O–H groups in total. The molecule has 168 valence electrons. The molecule has 0 saturated carbocycles. The summed E-state index contributed by atoms with van der Waals surface area (Å²) in [6.45, 7) is 15.8. The summed E-state index contributed by atoms with van der Waals surface area (Å²) in [5.74, 6) is 0.501. The number of ether oxygens (including phenoxy) is 2. The van der Waals surface area contributed by atoms with Crippen molar-refractivity contribution in [1.29, 1.82) is 0 Å². The number of carbonyl (C=O) groups excluding carboxylic acids is 1. The number of rotatable bonds is 10. The lowest BCUT2D eigenvalue weighted by atomic mass is 9.97. The maximum atomic E-state index is 12.3. The number of nitrogens with zero attached hydrogens (tertiary/aromatic N) is 3. The van der Waals surface area contributed by atoms with Gasteiger partial charge in [-0.1, -0.05) is 6.92 Å². The standard InChI is InChI=1S/C21H41N5O3/c1-2-24-8-10-25(11-9-24)7-4-3-6-22-21(27)23-17-20(19-5-14-29-18-19)26-12-15-28-16-13-26/h19-20H,2-18H2,1H3,(H2,22,23,27). The summed E-state index contributed by atoms with van der Waals surface area (Å²) in [4.78, 5) is 19.8. The van der Waals surface area contributed by atoms with Crippen LogP contribution in [-0.4, -0.2) is 119 Å². The van der Waals surface area contributed by atoms with Crippen molar-refractivity contribution in [3.05, 3.63) is 0 Å². The second-order valence-electron chi connectivity index (χ2n) is 8.46. The van der Waals surface area contributed by atoms with E-state index in [2.05, 4.69) is 32.3 Å². The van der Waals surface area contributed by atoms with Gasteiger partial charge >= 0.3 is 6.03 Å². The molecule has 2 unspecified atom stereocenters. The van der Waals surface area contributed by atoms with E-state index in [0.29, 0.717) is 18.5 Å². The van der Waals surface area contributed by atoms with Crippen LogP contribution in [0.1, 0.15) is 26.2 Å². The van der Waals surface area contributed by atoms with Gasteiger partial charge in [0.2, 0.25) is 0 Å². The van der Waals surface area contributed by atoms with E-state index in [4.69, 9.17) is 9.47 Å². The molecule has 0 aromatic carbocycles. The number of likely N-dealkylation sites (N-methyl/N-ethyl adjacent to an activating group) is 1. The highest BCUT2D eigenvalue weighted by atomic mass is 16.5. The minimum Gasteiger partial charge on any atom is -0.381 e. The van der Waals surface area contributed by atoms with Crippen molar-refractivity contribution in [3.63, 3.8) is 0 Å². The zero-order chi connectivity index (χ0) is 20.3. The summed E-state index contributed by atoms with van der Waals surface area (Å²) in [7, 11) is 0. The van der Waals surface area contributed by atoms with Crippen LogP contribution >= 0.6 is 0 Å². The van der Waals surface area contributed by atoms with Crippen molar-refractivity contribution in [3.8, 4) is 0 Å². The zero-order valence-electron chi connectivity index (χ0n) is 18.2. The van der Waals surface area contributed by atoms with Gasteiger partial charge in [0.15, 0.2) is 0 Å². The number of hydrogen-bond acceptors (Lipinski definition) is 6. The maximum absolute atomic E-state index is 12.3. The predicted molar refractivity (Wildman–Crippen MR) is 114 cm³/mol. The van der Waals surface area contributed by atoms with E-state index in [0.717, 1.165) is 78.4 Å². The van der Waals surface area contributed by atoms with Crippen LogP contribution in [0.25, 0.3) is 0 Å². The van der Waals surface area contributed by atoms with E-state index < -0.39 is 0 Å². The largest absolute Gasteiger partial charge is 0.381 e. The second kappa shape index (κ2) is 12.7. The first-order valence-corrected chi connectivity index (χ1v) is 11.6. The maximum Gasteiger partial charge on any atom is 0.314 e. The van der Waals surface area contributed by atoms with Crippen LogP contribution in [0.5, 0.6) is 0 Å². The smallest absolute Gasteiger partial charge is 0.314 e. The Morgan fingerprint density at radius 3 is 2.41 bits per heavy atom. The molecular formula is C21H41N5O3. The van der Waals surface area contributed by atoms with Gasteiger partial charge in [-0.25, -0.2) is 4.79 Å². The molecule has 8 heteroatoms. The Bertz CT molecular complexity index is 461. The lowest BCUT2D eigenvalue weighted by molar-refractivity contribution is 0.00213. The number of hydrogen-bond donors (Lipinski definition) is 2. The Balaban J connectivity index is 1.27. The van der Waals surface area contributed by atoms with Crippen molar-refractivity contribution < 1.29 is 14.3 Å². The molecule has 0 aromatic rings. The molecule has 29 heavy (non-hydrogen) atoms. The van der Waals surface area contributed by atoms with Gasteiger partial charge in [0.1, 0.15) is 0 Å². The van der Waals surface area contributed by atoms with Crippen molar-refractivity contribution >= 4 is 6.03 Å². The van der Waals surface area contributed by atoms with Crippen LogP contribution in [0.15, 0.2) is 0 Å². The topological polar surface area (TPSA) is 69.3 Å². The van der Waals surface area contributed by atoms with E-state index in [-0.39, 0.29) is 6.03 Å². The number of carbonyl (C=O) groups is 1. The van der Waals surface area contributed by atoms with Crippen molar-refractivity contribution in [2.45, 2.75) is 32.2 Å². The first-order valence-electron chi connectivity index (χ1n) is 11.6. The van der Waals surface area contributed by atoms with Crippen LogP contribution in [0.3, 0.4) is 0 Å². The quantitative estimate of drug-likeness (QED) is 0.509. The summed E-state index contributed by atoms with van der Waals surface area (Å²) >= 11 is 0. The summed E-state index contributed by atoms with van der Waals surface area (Å²) in [5.41, 5.74) is 0. The number of urea groups is 1. The van der Waals surface area contributed by atoms with Gasteiger partial charge in [-0.05, 0) is 32.4 Å². The number of nitrogens with one attached hydrogen (secondary N) is 2. The van der Waals surface area contributed by atoms with E-state index in [9.17, 15) is 4.79 Å². The molecule has 0 aromatic heterocycles. The Labute approximate surface area is 176 Å². The highest BCUT2D eigenvalue weighted by molar-refractivity contribution is 5.73. The third kappa shape index (κ3) is 7.68. The van der Waals surface area contributed by atoms with Gasteiger partial charge in [-0.3, -0.25) is 4.90 Å². The molecule has 3 fully saturated rings. The summed E-state index contributed by atoms with van der Waals surface area (Å²) in [6, 6.07) is 0.299. The lowest BCUT2D eigenvalue weighted by Crippen LogP contribution is -2.53. The fourth-order valence-electron chi connectivity index (χ4n) is 4.61. The molecule has 0 bridgehead atoms. The number of piperazine rings is 1. The molecule has 2 amide bonds. The van der Waals surface area contributed by atoms with Crippen LogP contribution < -0.4 is 10.6 Å². The number of morpholine rings is 1. The molecule has 0 spiro atoms. The molecule has 2 atom stereocenters. The number of amides is 2. The lowest BCUT2D eigenvalue weighted by Gasteiger charge is -2.37. The minimum atomic E-state index is -0.0428. The van der Waals surface area contributed by atoms with Crippen molar-refractivity contribution in [2.75, 3.05) is 91.9 Å². The van der Waals surface area contributed by atoms with Gasteiger partial charge in [0.05, 0.1) is 19.8 Å². The molecule has 0 radical (unpaired) electrons. The van der Waals surface area contributed by atoms with Crippen LogP contribution in [0.4, 0.5) is 4.79 Å². The van der Waals surface area contributed by atoms with Crippen molar-refractivity contribution in [2.24, 2.45) is 5.92 Å². The molecule has 3 rings (SSSR count). The fourth-order valence-corrected chi connectivity index (χ4v) is 4.61. The molecule has 3 saturated heterocycles. The van der Waals surface area contributed by atoms with Gasteiger partial charge in [-0.2, -0.15) is 0 Å². The van der Waals surface area contributed by atoms with Crippen LogP contribution in [-0.2, 0) is 9.47 Å². The van der Waals surface area contributed by atoms with E-state index in [1.807, 2.05) is 0 Å². The summed E-state index contributed by atoms with van der Waals surface area (Å²) in [5, 5.41) is 6.14. The molecule has 0 aliphatic carbocycles. The Kier molecular flexibility index (Phi) is 9.96. The third-order valence-corrected chi connectivity index (χ3v) is 6.59. The highest BCUT2D eigenvalue weighted by Gasteiger charge is 2.31. The van der Waals surface area contributed by atoms with E-state index in [1.165, 1.54) is 26.2 Å². The number of unbranched alkanes of at least 4 members (excludes halogenated alkanes) is 1. The molecule has 3 heterocycles. The average molecular weight is 412 g/mol. The zero-order valence-corrected chi connectivity index (χ0v) is 18.2. The normalized spacial score (nSPS) is 25.8. The van der Waals surface area contributed by atoms with E-state index in [1.54, 1.807) is 0 Å². The molecule has 3 aliphatic rings. The molecular weight excluding hydrogens is 370 g/mol. The SMILES string of the molecule is CCN1CCN(CCCCNC(=O)NCC(C2CCOC2)N2CCOCC2)CC1. The fraction of sp³-hybridized carbons (Fsp3) is 0.952. The monoisotopic (exact) mass is 411 g/mol. The Morgan fingerprint density at radius 2 is 1.72 bits per heavy atom. The Hall–Kier alpha value is -0.930. The van der Waals surface area contributed by atoms with Crippen LogP contribution in [0.2, 0.25) is 0 Å². The van der Waals surface area contributed by atoms with Gasteiger partial charge in [0.25, 0.3) is 0 Å². The van der Waals surface area contributed by atoms with Gasteiger partial charge in [-0.15, -0.1) is 0 Å². The second-order valence-corrected chi connectivity index (χ2v) is 8.46. The first-order chi connectivity index (χ1) is 14.3.